The molecule has 5 rings (SSSR count). The molecule has 1 aliphatic heterocycles. The van der Waals surface area contributed by atoms with Gasteiger partial charge in [-0.1, -0.05) is 12.1 Å². The topological polar surface area (TPSA) is 46.4 Å². The summed E-state index contributed by atoms with van der Waals surface area (Å²) >= 11 is 0. The van der Waals surface area contributed by atoms with Crippen molar-refractivity contribution in [1.29, 1.82) is 0 Å². The highest BCUT2D eigenvalue weighted by atomic mass is 19.1. The maximum atomic E-state index is 14.1. The number of aromatic nitrogens is 3. The van der Waals surface area contributed by atoms with Crippen molar-refractivity contribution in [2.24, 2.45) is 7.05 Å². The van der Waals surface area contributed by atoms with Gasteiger partial charge in [-0.25, -0.2) is 14.4 Å². The summed E-state index contributed by atoms with van der Waals surface area (Å²) in [5, 5.41) is 1.05. The summed E-state index contributed by atoms with van der Waals surface area (Å²) in [6.45, 7) is 3.02. The monoisotopic (exact) mass is 391 g/mol. The first-order chi connectivity index (χ1) is 14.2. The van der Waals surface area contributed by atoms with Gasteiger partial charge in [0.1, 0.15) is 28.9 Å². The van der Waals surface area contributed by atoms with Gasteiger partial charge in [-0.05, 0) is 30.3 Å². The van der Waals surface area contributed by atoms with E-state index in [2.05, 4.69) is 30.4 Å². The normalized spacial score (nSPS) is 14.7. The molecular weight excluding hydrogens is 369 g/mol. The van der Waals surface area contributed by atoms with Crippen molar-refractivity contribution in [1.82, 2.24) is 14.5 Å². The van der Waals surface area contributed by atoms with E-state index in [4.69, 9.17) is 4.74 Å². The van der Waals surface area contributed by atoms with Crippen LogP contribution in [0.25, 0.3) is 21.9 Å². The molecule has 2 aromatic carbocycles. The molecule has 0 aliphatic carbocycles. The Labute approximate surface area is 168 Å². The smallest absolute Gasteiger partial charge is 0.156 e. The van der Waals surface area contributed by atoms with Crippen LogP contribution in [-0.2, 0) is 7.05 Å². The van der Waals surface area contributed by atoms with Gasteiger partial charge < -0.3 is 19.1 Å². The third-order valence-electron chi connectivity index (χ3n) is 5.73. The number of benzene rings is 2. The van der Waals surface area contributed by atoms with Gasteiger partial charge in [0, 0.05) is 38.6 Å². The van der Waals surface area contributed by atoms with E-state index in [1.54, 1.807) is 19.5 Å². The van der Waals surface area contributed by atoms with Gasteiger partial charge in [0.25, 0.3) is 0 Å². The number of rotatable bonds is 3. The maximum Gasteiger partial charge on any atom is 0.156 e. The van der Waals surface area contributed by atoms with Crippen LogP contribution in [0.2, 0.25) is 0 Å². The Hall–Kier alpha value is -3.35. The second-order valence-electron chi connectivity index (χ2n) is 7.26. The molecule has 0 bridgehead atoms. The maximum absolute atomic E-state index is 14.1. The summed E-state index contributed by atoms with van der Waals surface area (Å²) < 4.78 is 21.7. The number of anilines is 2. The largest absolute Gasteiger partial charge is 0.497 e. The molecule has 0 unspecified atom stereocenters. The van der Waals surface area contributed by atoms with E-state index >= 15 is 0 Å². The second-order valence-corrected chi connectivity index (χ2v) is 7.26. The molecule has 6 nitrogen and oxygen atoms in total. The first kappa shape index (κ1) is 17.7. The number of aryl methyl sites for hydroxylation is 1. The Morgan fingerprint density at radius 1 is 0.966 bits per heavy atom. The lowest BCUT2D eigenvalue weighted by Gasteiger charge is -2.37. The van der Waals surface area contributed by atoms with Crippen LogP contribution in [0.3, 0.4) is 0 Å². The average molecular weight is 391 g/mol. The van der Waals surface area contributed by atoms with E-state index in [0.29, 0.717) is 5.69 Å². The van der Waals surface area contributed by atoms with Gasteiger partial charge in [-0.3, -0.25) is 0 Å². The summed E-state index contributed by atoms with van der Waals surface area (Å²) in [4.78, 5) is 13.5. The van der Waals surface area contributed by atoms with Crippen molar-refractivity contribution in [2.45, 2.75) is 0 Å². The van der Waals surface area contributed by atoms with Crippen LogP contribution in [0.4, 0.5) is 15.9 Å². The summed E-state index contributed by atoms with van der Waals surface area (Å²) in [5.41, 5.74) is 3.68. The summed E-state index contributed by atoms with van der Waals surface area (Å²) in [6, 6.07) is 13.0. The van der Waals surface area contributed by atoms with Crippen molar-refractivity contribution in [3.8, 4) is 5.75 Å². The fraction of sp³-hybridized carbons (Fsp3) is 0.273. The van der Waals surface area contributed by atoms with E-state index in [1.807, 2.05) is 31.3 Å². The molecular formula is C22H22FN5O. The molecule has 7 heteroatoms. The molecule has 0 spiro atoms. The number of hydrogen-bond acceptors (Lipinski definition) is 5. The van der Waals surface area contributed by atoms with Crippen molar-refractivity contribution in [3.05, 3.63) is 54.6 Å². The number of nitrogens with zero attached hydrogens (tertiary/aromatic N) is 5. The first-order valence-electron chi connectivity index (χ1n) is 9.69. The van der Waals surface area contributed by atoms with Crippen LogP contribution < -0.4 is 14.5 Å². The zero-order valence-corrected chi connectivity index (χ0v) is 16.5. The van der Waals surface area contributed by atoms with Gasteiger partial charge >= 0.3 is 0 Å². The van der Waals surface area contributed by atoms with Gasteiger partial charge in [-0.2, -0.15) is 0 Å². The lowest BCUT2D eigenvalue weighted by Crippen LogP contribution is -2.47. The minimum absolute atomic E-state index is 0.173. The molecule has 148 valence electrons. The number of piperazine rings is 1. The van der Waals surface area contributed by atoms with Crippen molar-refractivity contribution in [2.75, 3.05) is 43.1 Å². The molecule has 1 fully saturated rings. The van der Waals surface area contributed by atoms with Gasteiger partial charge in [0.05, 0.1) is 18.3 Å². The molecule has 3 heterocycles. The van der Waals surface area contributed by atoms with Crippen LogP contribution in [0.15, 0.2) is 48.8 Å². The average Bonchev–Trinajstić information content (AvgIpc) is 3.06. The molecule has 2 aromatic heterocycles. The number of ether oxygens (including phenoxy) is 1. The minimum atomic E-state index is -0.173. The van der Waals surface area contributed by atoms with E-state index in [-0.39, 0.29) is 5.82 Å². The van der Waals surface area contributed by atoms with Crippen LogP contribution in [0.5, 0.6) is 5.75 Å². The Kier molecular flexibility index (Phi) is 4.23. The van der Waals surface area contributed by atoms with Crippen LogP contribution in [-0.4, -0.2) is 47.8 Å². The molecule has 0 amide bonds. The van der Waals surface area contributed by atoms with Crippen molar-refractivity contribution >= 4 is 33.4 Å². The summed E-state index contributed by atoms with van der Waals surface area (Å²) in [7, 11) is 3.71. The fourth-order valence-corrected chi connectivity index (χ4v) is 4.22. The van der Waals surface area contributed by atoms with Gasteiger partial charge in [0.2, 0.25) is 0 Å². The van der Waals surface area contributed by atoms with Crippen LogP contribution in [0.1, 0.15) is 0 Å². The summed E-state index contributed by atoms with van der Waals surface area (Å²) in [6.07, 6.45) is 1.62. The molecule has 0 saturated carbocycles. The number of methoxy groups -OCH3 is 1. The third kappa shape index (κ3) is 2.85. The summed E-state index contributed by atoms with van der Waals surface area (Å²) in [5.74, 6) is 1.55. The Morgan fingerprint density at radius 3 is 2.48 bits per heavy atom. The van der Waals surface area contributed by atoms with Crippen LogP contribution >= 0.6 is 0 Å². The number of para-hydroxylation sites is 1. The predicted octanol–water partition coefficient (Wildman–Crippen LogP) is 3.60. The van der Waals surface area contributed by atoms with E-state index < -0.39 is 0 Å². The predicted molar refractivity (Wildman–Crippen MR) is 113 cm³/mol. The zero-order valence-electron chi connectivity index (χ0n) is 16.5. The van der Waals surface area contributed by atoms with Crippen molar-refractivity contribution in [3.63, 3.8) is 0 Å². The SMILES string of the molecule is COc1ccc2c(c1)c1ncnc(N3CCN(c4ccccc4F)CC3)c1n2C. The zero-order chi connectivity index (χ0) is 20.0. The highest BCUT2D eigenvalue weighted by Crippen LogP contribution is 2.34. The lowest BCUT2D eigenvalue weighted by molar-refractivity contribution is 0.415. The Balaban J connectivity index is 1.51. The van der Waals surface area contributed by atoms with E-state index in [1.165, 1.54) is 6.07 Å². The Bertz CT molecular complexity index is 1200. The molecule has 1 saturated heterocycles. The van der Waals surface area contributed by atoms with Crippen LogP contribution in [0, 0.1) is 5.82 Å². The third-order valence-corrected chi connectivity index (χ3v) is 5.73. The quantitative estimate of drug-likeness (QED) is 0.534. The minimum Gasteiger partial charge on any atom is -0.497 e. The van der Waals surface area contributed by atoms with Crippen molar-refractivity contribution < 1.29 is 9.13 Å². The molecule has 1 aliphatic rings. The number of fused-ring (bicyclic) bond motifs is 3. The highest BCUT2D eigenvalue weighted by Gasteiger charge is 2.24. The molecule has 29 heavy (non-hydrogen) atoms. The molecule has 0 N–H and O–H groups in total. The molecule has 4 aromatic rings. The van der Waals surface area contributed by atoms with E-state index in [9.17, 15) is 4.39 Å². The molecule has 0 atom stereocenters. The number of halogens is 1. The lowest BCUT2D eigenvalue weighted by atomic mass is 10.2. The highest BCUT2D eigenvalue weighted by molar-refractivity contribution is 6.09. The second kappa shape index (κ2) is 6.92. The first-order valence-corrected chi connectivity index (χ1v) is 9.69. The van der Waals surface area contributed by atoms with Gasteiger partial charge in [-0.15, -0.1) is 0 Å². The fourth-order valence-electron chi connectivity index (χ4n) is 4.22. The Morgan fingerprint density at radius 2 is 1.72 bits per heavy atom. The van der Waals surface area contributed by atoms with E-state index in [0.717, 1.165) is 59.7 Å². The number of hydrogen-bond donors (Lipinski definition) is 0. The molecule has 0 radical (unpaired) electrons. The van der Waals surface area contributed by atoms with Gasteiger partial charge in [0.15, 0.2) is 5.82 Å². The standard InChI is InChI=1S/C22H22FN5O/c1-26-18-8-7-15(29-2)13-16(18)20-21(26)22(25-14-24-20)28-11-9-27(10-12-28)19-6-4-3-5-17(19)23/h3-8,13-14H,9-12H2,1-2H3.